The van der Waals surface area contributed by atoms with Gasteiger partial charge in [0.15, 0.2) is 0 Å². The molecule has 0 aliphatic rings. The largest absolute Gasteiger partial charge is 0.494 e. The molecule has 1 unspecified atom stereocenters. The van der Waals surface area contributed by atoms with Gasteiger partial charge in [0.1, 0.15) is 5.75 Å². The zero-order valence-corrected chi connectivity index (χ0v) is 13.0. The van der Waals surface area contributed by atoms with Crippen LogP contribution in [0.25, 0.3) is 0 Å². The lowest BCUT2D eigenvalue weighted by atomic mass is 10.0. The maximum Gasteiger partial charge on any atom is 0.252 e. The second-order valence-electron chi connectivity index (χ2n) is 5.11. The van der Waals surface area contributed by atoms with Gasteiger partial charge in [0, 0.05) is 23.4 Å². The Kier molecular flexibility index (Phi) is 4.99. The molecule has 0 radical (unpaired) electrons. The highest BCUT2D eigenvalue weighted by atomic mass is 16.5. The first-order valence-electron chi connectivity index (χ1n) is 7.24. The van der Waals surface area contributed by atoms with Gasteiger partial charge in [-0.2, -0.15) is 0 Å². The van der Waals surface area contributed by atoms with Gasteiger partial charge in [0.2, 0.25) is 5.56 Å². The summed E-state index contributed by atoms with van der Waals surface area (Å²) in [6.07, 6.45) is 1.46. The van der Waals surface area contributed by atoms with E-state index in [-0.39, 0.29) is 17.5 Å². The molecule has 1 aromatic heterocycles. The number of aromatic amines is 1. The number of aromatic nitrogens is 1. The monoisotopic (exact) mass is 300 g/mol. The first-order chi connectivity index (χ1) is 10.5. The summed E-state index contributed by atoms with van der Waals surface area (Å²) in [7, 11) is 0. The van der Waals surface area contributed by atoms with E-state index in [9.17, 15) is 9.59 Å². The van der Waals surface area contributed by atoms with Gasteiger partial charge in [0.05, 0.1) is 12.6 Å². The van der Waals surface area contributed by atoms with E-state index in [1.54, 1.807) is 6.07 Å². The van der Waals surface area contributed by atoms with Gasteiger partial charge in [-0.15, -0.1) is 0 Å². The number of hydrogen-bond acceptors (Lipinski definition) is 3. The Balaban J connectivity index is 2.21. The van der Waals surface area contributed by atoms with Crippen molar-refractivity contribution in [1.29, 1.82) is 0 Å². The molecule has 0 fully saturated rings. The molecule has 1 heterocycles. The SMILES string of the molecule is CCOc1ccc(C)cc1C(C)NC(=O)c1cc[nH]c(=O)c1. The van der Waals surface area contributed by atoms with Gasteiger partial charge in [-0.25, -0.2) is 0 Å². The van der Waals surface area contributed by atoms with Crippen LogP contribution in [-0.4, -0.2) is 17.5 Å². The maximum absolute atomic E-state index is 12.2. The van der Waals surface area contributed by atoms with E-state index in [1.807, 2.05) is 39.0 Å². The summed E-state index contributed by atoms with van der Waals surface area (Å²) < 4.78 is 5.61. The molecular formula is C17H20N2O3. The molecule has 0 spiro atoms. The van der Waals surface area contributed by atoms with Crippen molar-refractivity contribution in [3.8, 4) is 5.75 Å². The summed E-state index contributed by atoms with van der Waals surface area (Å²) in [5, 5.41) is 2.89. The summed E-state index contributed by atoms with van der Waals surface area (Å²) in [6.45, 7) is 6.36. The standard InChI is InChI=1S/C17H20N2O3/c1-4-22-15-6-5-11(2)9-14(15)12(3)19-17(21)13-7-8-18-16(20)10-13/h5-10,12H,4H2,1-3H3,(H,18,20)(H,19,21). The third-order valence-corrected chi connectivity index (χ3v) is 3.32. The molecule has 1 atom stereocenters. The van der Waals surface area contributed by atoms with Crippen LogP contribution in [0.1, 0.15) is 41.4 Å². The first-order valence-corrected chi connectivity index (χ1v) is 7.24. The van der Waals surface area contributed by atoms with Crippen LogP contribution < -0.4 is 15.6 Å². The Morgan fingerprint density at radius 1 is 1.32 bits per heavy atom. The predicted octanol–water partition coefficient (Wildman–Crippen LogP) is 2.57. The summed E-state index contributed by atoms with van der Waals surface area (Å²) in [5.74, 6) is 0.467. The van der Waals surface area contributed by atoms with Crippen LogP contribution in [0.3, 0.4) is 0 Å². The highest BCUT2D eigenvalue weighted by Gasteiger charge is 2.15. The number of ether oxygens (including phenoxy) is 1. The van der Waals surface area contributed by atoms with Gasteiger partial charge in [-0.05, 0) is 32.9 Å². The number of carbonyl (C=O) groups is 1. The van der Waals surface area contributed by atoms with E-state index in [0.717, 1.165) is 16.9 Å². The summed E-state index contributed by atoms with van der Waals surface area (Å²) in [5.41, 5.74) is 2.04. The quantitative estimate of drug-likeness (QED) is 0.891. The van der Waals surface area contributed by atoms with E-state index in [2.05, 4.69) is 10.3 Å². The highest BCUT2D eigenvalue weighted by Crippen LogP contribution is 2.26. The third-order valence-electron chi connectivity index (χ3n) is 3.32. The fourth-order valence-electron chi connectivity index (χ4n) is 2.24. The Hall–Kier alpha value is -2.56. The van der Waals surface area contributed by atoms with Crippen LogP contribution in [0.15, 0.2) is 41.3 Å². The lowest BCUT2D eigenvalue weighted by molar-refractivity contribution is 0.0939. The van der Waals surface area contributed by atoms with Crippen molar-refractivity contribution in [1.82, 2.24) is 10.3 Å². The predicted molar refractivity (Wildman–Crippen MR) is 85.3 cm³/mol. The molecule has 2 N–H and O–H groups in total. The number of rotatable bonds is 5. The molecule has 2 aromatic rings. The fraction of sp³-hybridized carbons (Fsp3) is 0.294. The number of benzene rings is 1. The number of nitrogens with one attached hydrogen (secondary N) is 2. The van der Waals surface area contributed by atoms with E-state index in [0.29, 0.717) is 12.2 Å². The smallest absolute Gasteiger partial charge is 0.252 e. The van der Waals surface area contributed by atoms with Crippen molar-refractivity contribution >= 4 is 5.91 Å². The van der Waals surface area contributed by atoms with E-state index < -0.39 is 0 Å². The van der Waals surface area contributed by atoms with Crippen molar-refractivity contribution in [3.63, 3.8) is 0 Å². The molecule has 2 rings (SSSR count). The number of hydrogen-bond donors (Lipinski definition) is 2. The maximum atomic E-state index is 12.2. The lowest BCUT2D eigenvalue weighted by Gasteiger charge is -2.18. The minimum atomic E-state index is -0.300. The van der Waals surface area contributed by atoms with Crippen molar-refractivity contribution in [3.05, 3.63) is 63.6 Å². The number of pyridine rings is 1. The van der Waals surface area contributed by atoms with E-state index >= 15 is 0 Å². The Morgan fingerprint density at radius 3 is 2.77 bits per heavy atom. The number of amides is 1. The highest BCUT2D eigenvalue weighted by molar-refractivity contribution is 5.94. The zero-order chi connectivity index (χ0) is 16.1. The van der Waals surface area contributed by atoms with Gasteiger partial charge < -0.3 is 15.0 Å². The van der Waals surface area contributed by atoms with Gasteiger partial charge >= 0.3 is 0 Å². The molecule has 5 nitrogen and oxygen atoms in total. The van der Waals surface area contributed by atoms with Crippen LogP contribution in [-0.2, 0) is 0 Å². The lowest BCUT2D eigenvalue weighted by Crippen LogP contribution is -2.28. The molecule has 0 saturated carbocycles. The minimum Gasteiger partial charge on any atom is -0.494 e. The topological polar surface area (TPSA) is 71.2 Å². The average Bonchev–Trinajstić information content (AvgIpc) is 2.49. The molecule has 0 aliphatic heterocycles. The van der Waals surface area contributed by atoms with Gasteiger partial charge in [-0.3, -0.25) is 9.59 Å². The summed E-state index contributed by atoms with van der Waals surface area (Å²) in [4.78, 5) is 26.0. The molecule has 0 bridgehead atoms. The Labute approximate surface area is 129 Å². The number of carbonyl (C=O) groups excluding carboxylic acids is 1. The Morgan fingerprint density at radius 2 is 2.09 bits per heavy atom. The van der Waals surface area contributed by atoms with Crippen LogP contribution >= 0.6 is 0 Å². The fourth-order valence-corrected chi connectivity index (χ4v) is 2.24. The van der Waals surface area contributed by atoms with E-state index in [1.165, 1.54) is 12.3 Å². The molecule has 22 heavy (non-hydrogen) atoms. The van der Waals surface area contributed by atoms with Gasteiger partial charge in [0.25, 0.3) is 5.91 Å². The second-order valence-corrected chi connectivity index (χ2v) is 5.11. The summed E-state index contributed by atoms with van der Waals surface area (Å²) in [6, 6.07) is 8.50. The minimum absolute atomic E-state index is 0.228. The van der Waals surface area contributed by atoms with Crippen molar-refractivity contribution in [2.45, 2.75) is 26.8 Å². The second kappa shape index (κ2) is 6.93. The Bertz CT molecular complexity index is 722. The molecule has 116 valence electrons. The normalized spacial score (nSPS) is 11.8. The molecule has 1 aromatic carbocycles. The van der Waals surface area contributed by atoms with E-state index in [4.69, 9.17) is 4.74 Å². The summed E-state index contributed by atoms with van der Waals surface area (Å²) >= 11 is 0. The molecular weight excluding hydrogens is 280 g/mol. The molecule has 5 heteroatoms. The first kappa shape index (κ1) is 15.8. The van der Waals surface area contributed by atoms with Crippen LogP contribution in [0, 0.1) is 6.92 Å². The number of H-pyrrole nitrogens is 1. The van der Waals surface area contributed by atoms with Crippen LogP contribution in [0.5, 0.6) is 5.75 Å². The van der Waals surface area contributed by atoms with Gasteiger partial charge in [-0.1, -0.05) is 17.7 Å². The third kappa shape index (κ3) is 3.75. The van der Waals surface area contributed by atoms with Crippen LogP contribution in [0.4, 0.5) is 0 Å². The van der Waals surface area contributed by atoms with Crippen molar-refractivity contribution in [2.75, 3.05) is 6.61 Å². The van der Waals surface area contributed by atoms with Crippen molar-refractivity contribution in [2.24, 2.45) is 0 Å². The number of aryl methyl sites for hydroxylation is 1. The molecule has 0 saturated heterocycles. The average molecular weight is 300 g/mol. The molecule has 1 amide bonds. The van der Waals surface area contributed by atoms with Crippen LogP contribution in [0.2, 0.25) is 0 Å². The van der Waals surface area contributed by atoms with Crippen molar-refractivity contribution < 1.29 is 9.53 Å². The zero-order valence-electron chi connectivity index (χ0n) is 13.0. The molecule has 0 aliphatic carbocycles.